The third-order valence-electron chi connectivity index (χ3n) is 9.05. The Bertz CT molecular complexity index is 548. The fourth-order valence-electron chi connectivity index (χ4n) is 7.85. The molecule has 4 fully saturated rings. The summed E-state index contributed by atoms with van der Waals surface area (Å²) in [6.07, 6.45) is 6.56. The summed E-state index contributed by atoms with van der Waals surface area (Å²) >= 11 is 0. The topological polar surface area (TPSA) is 77.8 Å². The van der Waals surface area contributed by atoms with Crippen molar-refractivity contribution >= 4 is 5.78 Å². The van der Waals surface area contributed by atoms with Crippen LogP contribution in [-0.4, -0.2) is 39.9 Å². The van der Waals surface area contributed by atoms with E-state index in [4.69, 9.17) is 0 Å². The Morgan fingerprint density at radius 3 is 2.60 bits per heavy atom. The van der Waals surface area contributed by atoms with E-state index in [1.54, 1.807) is 0 Å². The van der Waals surface area contributed by atoms with E-state index in [2.05, 4.69) is 13.8 Å². The van der Waals surface area contributed by atoms with Crippen molar-refractivity contribution in [2.24, 2.45) is 40.4 Å². The Morgan fingerprint density at radius 1 is 1.12 bits per heavy atom. The number of Topliss-reactive ketones (excluding diaryl/α,β-unsaturated/α-hetero) is 1. The van der Waals surface area contributed by atoms with Gasteiger partial charge in [0, 0.05) is 12.3 Å². The number of aliphatic hydroxyl groups excluding tert-OH is 3. The summed E-state index contributed by atoms with van der Waals surface area (Å²) in [5.74, 6) is 1.98. The summed E-state index contributed by atoms with van der Waals surface area (Å²) < 4.78 is 0. The van der Waals surface area contributed by atoms with Crippen molar-refractivity contribution in [3.05, 3.63) is 0 Å². The highest BCUT2D eigenvalue weighted by Crippen LogP contribution is 2.66. The van der Waals surface area contributed by atoms with E-state index < -0.39 is 6.10 Å². The van der Waals surface area contributed by atoms with E-state index >= 15 is 0 Å². The number of hydrogen-bond donors (Lipinski definition) is 3. The Morgan fingerprint density at radius 2 is 1.88 bits per heavy atom. The SMILES string of the molecule is C[C@]12CC[C@@H](O)C[C@H]1CC[C@H]1[C@@H]3CC[C@H]([C@@H](O)CO)[C@@]3(C)CC(=O)[C@@H]12. The maximum absolute atomic E-state index is 13.4. The molecule has 0 unspecified atom stereocenters. The molecular formula is C21H34O4. The zero-order valence-corrected chi connectivity index (χ0v) is 15.7. The van der Waals surface area contributed by atoms with Gasteiger partial charge in [-0.15, -0.1) is 0 Å². The number of aliphatic hydroxyl groups is 3. The van der Waals surface area contributed by atoms with Gasteiger partial charge in [0.25, 0.3) is 0 Å². The molecule has 4 rings (SSSR count). The van der Waals surface area contributed by atoms with Gasteiger partial charge in [0.2, 0.25) is 0 Å². The monoisotopic (exact) mass is 350 g/mol. The molecule has 4 nitrogen and oxygen atoms in total. The van der Waals surface area contributed by atoms with E-state index in [-0.39, 0.29) is 35.4 Å². The lowest BCUT2D eigenvalue weighted by atomic mass is 9.44. The van der Waals surface area contributed by atoms with Gasteiger partial charge in [0.1, 0.15) is 5.78 Å². The normalized spacial score (nSPS) is 53.7. The minimum Gasteiger partial charge on any atom is -0.394 e. The van der Waals surface area contributed by atoms with Gasteiger partial charge < -0.3 is 15.3 Å². The molecule has 0 heterocycles. The molecule has 0 amide bonds. The van der Waals surface area contributed by atoms with Crippen LogP contribution in [0.5, 0.6) is 0 Å². The third kappa shape index (κ3) is 2.47. The van der Waals surface area contributed by atoms with Crippen LogP contribution < -0.4 is 0 Å². The molecule has 0 aromatic rings. The lowest BCUT2D eigenvalue weighted by Gasteiger charge is -2.60. The van der Waals surface area contributed by atoms with E-state index in [1.807, 2.05) is 0 Å². The summed E-state index contributed by atoms with van der Waals surface area (Å²) in [4.78, 5) is 13.4. The molecule has 0 radical (unpaired) electrons. The molecule has 25 heavy (non-hydrogen) atoms. The van der Waals surface area contributed by atoms with E-state index in [1.165, 1.54) is 0 Å². The van der Waals surface area contributed by atoms with Crippen LogP contribution in [0, 0.1) is 40.4 Å². The lowest BCUT2D eigenvalue weighted by Crippen LogP contribution is -2.58. The first-order valence-corrected chi connectivity index (χ1v) is 10.3. The maximum Gasteiger partial charge on any atom is 0.137 e. The average molecular weight is 350 g/mol. The minimum absolute atomic E-state index is 0.0473. The second-order valence-corrected chi connectivity index (χ2v) is 10.0. The van der Waals surface area contributed by atoms with E-state index in [0.717, 1.165) is 44.9 Å². The number of carbonyl (C=O) groups is 1. The van der Waals surface area contributed by atoms with Gasteiger partial charge in [-0.3, -0.25) is 4.79 Å². The van der Waals surface area contributed by atoms with E-state index in [0.29, 0.717) is 30.0 Å². The fourth-order valence-corrected chi connectivity index (χ4v) is 7.85. The third-order valence-corrected chi connectivity index (χ3v) is 9.05. The second-order valence-electron chi connectivity index (χ2n) is 10.0. The van der Waals surface area contributed by atoms with Gasteiger partial charge in [-0.25, -0.2) is 0 Å². The van der Waals surface area contributed by atoms with Crippen LogP contribution in [-0.2, 0) is 4.79 Å². The van der Waals surface area contributed by atoms with Crippen LogP contribution in [0.1, 0.15) is 65.2 Å². The molecule has 9 atom stereocenters. The minimum atomic E-state index is -0.698. The van der Waals surface area contributed by atoms with Crippen molar-refractivity contribution in [2.45, 2.75) is 77.4 Å². The highest BCUT2D eigenvalue weighted by atomic mass is 16.3. The highest BCUT2D eigenvalue weighted by molar-refractivity contribution is 5.84. The molecular weight excluding hydrogens is 316 g/mol. The van der Waals surface area contributed by atoms with Crippen molar-refractivity contribution in [3.63, 3.8) is 0 Å². The van der Waals surface area contributed by atoms with Crippen LogP contribution in [0.4, 0.5) is 0 Å². The van der Waals surface area contributed by atoms with Gasteiger partial charge in [0.15, 0.2) is 0 Å². The first kappa shape index (κ1) is 17.9. The van der Waals surface area contributed by atoms with Gasteiger partial charge >= 0.3 is 0 Å². The summed E-state index contributed by atoms with van der Waals surface area (Å²) in [6, 6.07) is 0. The molecule has 0 aromatic heterocycles. The molecule has 4 aliphatic rings. The summed E-state index contributed by atoms with van der Waals surface area (Å²) in [5.41, 5.74) is -0.105. The zero-order chi connectivity index (χ0) is 18.0. The highest BCUT2D eigenvalue weighted by Gasteiger charge is 2.63. The first-order valence-electron chi connectivity index (χ1n) is 10.3. The van der Waals surface area contributed by atoms with Crippen LogP contribution in [0.25, 0.3) is 0 Å². The molecule has 4 heteroatoms. The second kappa shape index (κ2) is 6.03. The van der Waals surface area contributed by atoms with Crippen LogP contribution >= 0.6 is 0 Å². The van der Waals surface area contributed by atoms with Crippen molar-refractivity contribution in [2.75, 3.05) is 6.61 Å². The van der Waals surface area contributed by atoms with Crippen LogP contribution in [0.2, 0.25) is 0 Å². The molecule has 0 spiro atoms. The number of rotatable bonds is 2. The molecule has 0 aliphatic heterocycles. The Kier molecular flexibility index (Phi) is 4.33. The number of ketones is 1. The van der Waals surface area contributed by atoms with Crippen molar-refractivity contribution in [1.82, 2.24) is 0 Å². The molecule has 3 N–H and O–H groups in total. The summed E-state index contributed by atoms with van der Waals surface area (Å²) in [6.45, 7) is 4.31. The summed E-state index contributed by atoms with van der Waals surface area (Å²) in [7, 11) is 0. The smallest absolute Gasteiger partial charge is 0.137 e. The zero-order valence-electron chi connectivity index (χ0n) is 15.7. The molecule has 142 valence electrons. The van der Waals surface area contributed by atoms with Gasteiger partial charge in [0.05, 0.1) is 18.8 Å². The Labute approximate surface area is 151 Å². The van der Waals surface area contributed by atoms with Gasteiger partial charge in [-0.2, -0.15) is 0 Å². The molecule has 4 saturated carbocycles. The largest absolute Gasteiger partial charge is 0.394 e. The fraction of sp³-hybridized carbons (Fsp3) is 0.952. The first-order chi connectivity index (χ1) is 11.8. The molecule has 4 aliphatic carbocycles. The quantitative estimate of drug-likeness (QED) is 0.715. The maximum atomic E-state index is 13.4. The molecule has 0 bridgehead atoms. The summed E-state index contributed by atoms with van der Waals surface area (Å²) in [5, 5.41) is 29.9. The predicted molar refractivity (Wildman–Crippen MR) is 94.7 cm³/mol. The molecule has 0 saturated heterocycles. The predicted octanol–water partition coefficient (Wildman–Crippen LogP) is 2.54. The standard InChI is InChI=1S/C21H34O4/c1-20-8-7-13(23)9-12(20)3-4-14-15-5-6-16(18(25)11-22)21(15,2)10-17(24)19(14)20/h12-16,18-19,22-23,25H,3-11H2,1-2H3/t12-,13-,14+,15+,16-,18+,19-,20+,21+/m1/s1. The Balaban J connectivity index is 1.65. The number of fused-ring (bicyclic) bond motifs is 5. The Hall–Kier alpha value is -0.450. The number of hydrogen-bond acceptors (Lipinski definition) is 4. The van der Waals surface area contributed by atoms with Crippen molar-refractivity contribution in [3.8, 4) is 0 Å². The van der Waals surface area contributed by atoms with Gasteiger partial charge in [-0.1, -0.05) is 13.8 Å². The van der Waals surface area contributed by atoms with Crippen LogP contribution in [0.3, 0.4) is 0 Å². The van der Waals surface area contributed by atoms with E-state index in [9.17, 15) is 20.1 Å². The van der Waals surface area contributed by atoms with Gasteiger partial charge in [-0.05, 0) is 79.4 Å². The lowest BCUT2D eigenvalue weighted by molar-refractivity contribution is -0.164. The number of carbonyl (C=O) groups excluding carboxylic acids is 1. The van der Waals surface area contributed by atoms with Crippen molar-refractivity contribution < 1.29 is 20.1 Å². The molecule has 0 aromatic carbocycles. The average Bonchev–Trinajstić information content (AvgIpc) is 2.91. The van der Waals surface area contributed by atoms with Crippen molar-refractivity contribution in [1.29, 1.82) is 0 Å². The van der Waals surface area contributed by atoms with Crippen LogP contribution in [0.15, 0.2) is 0 Å².